The Labute approximate surface area is 113 Å². The third-order valence-corrected chi connectivity index (χ3v) is 3.74. The minimum atomic E-state index is -0.925. The molecule has 1 fully saturated rings. The van der Waals surface area contributed by atoms with E-state index in [0.717, 1.165) is 25.3 Å². The van der Waals surface area contributed by atoms with Crippen molar-refractivity contribution >= 4 is 5.97 Å². The van der Waals surface area contributed by atoms with Gasteiger partial charge in [0.2, 0.25) is 0 Å². The van der Waals surface area contributed by atoms with E-state index in [-0.39, 0.29) is 5.56 Å². The van der Waals surface area contributed by atoms with Crippen LogP contribution in [0.4, 0.5) is 0 Å². The zero-order valence-electron chi connectivity index (χ0n) is 11.5. The summed E-state index contributed by atoms with van der Waals surface area (Å²) in [6.07, 6.45) is 3.80. The number of aromatic nitrogens is 1. The van der Waals surface area contributed by atoms with Crippen LogP contribution in [0.15, 0.2) is 18.3 Å². The fourth-order valence-corrected chi connectivity index (χ4v) is 2.47. The van der Waals surface area contributed by atoms with Crippen LogP contribution in [0.25, 0.3) is 0 Å². The van der Waals surface area contributed by atoms with Gasteiger partial charge in [-0.05, 0) is 39.1 Å². The molecule has 5 nitrogen and oxygen atoms in total. The minimum absolute atomic E-state index is 0.245. The summed E-state index contributed by atoms with van der Waals surface area (Å²) in [6.45, 7) is 2.95. The van der Waals surface area contributed by atoms with Crippen LogP contribution in [0.1, 0.15) is 28.9 Å². The maximum atomic E-state index is 10.7. The van der Waals surface area contributed by atoms with E-state index in [0.29, 0.717) is 6.04 Å². The Morgan fingerprint density at radius 1 is 1.42 bits per heavy atom. The molecule has 5 heteroatoms. The van der Waals surface area contributed by atoms with Crippen molar-refractivity contribution in [2.45, 2.75) is 25.4 Å². The highest BCUT2D eigenvalue weighted by Crippen LogP contribution is 2.16. The molecule has 0 amide bonds. The van der Waals surface area contributed by atoms with Gasteiger partial charge in [0.25, 0.3) is 0 Å². The zero-order valence-corrected chi connectivity index (χ0v) is 11.5. The lowest BCUT2D eigenvalue weighted by Gasteiger charge is -2.34. The first-order chi connectivity index (χ1) is 9.06. The zero-order chi connectivity index (χ0) is 13.8. The number of carbonyl (C=O) groups is 1. The molecule has 0 aromatic carbocycles. The highest BCUT2D eigenvalue weighted by atomic mass is 16.4. The van der Waals surface area contributed by atoms with Gasteiger partial charge in [0.1, 0.15) is 0 Å². The van der Waals surface area contributed by atoms with E-state index < -0.39 is 5.97 Å². The van der Waals surface area contributed by atoms with E-state index in [1.807, 2.05) is 6.07 Å². The lowest BCUT2D eigenvalue weighted by atomic mass is 10.0. The highest BCUT2D eigenvalue weighted by Gasteiger charge is 2.20. The maximum absolute atomic E-state index is 10.7. The number of hydrogen-bond donors (Lipinski definition) is 1. The maximum Gasteiger partial charge on any atom is 0.337 e. The number of likely N-dealkylation sites (tertiary alicyclic amines) is 1. The summed E-state index contributed by atoms with van der Waals surface area (Å²) < 4.78 is 0. The number of nitrogens with zero attached hydrogens (tertiary/aromatic N) is 3. The van der Waals surface area contributed by atoms with Gasteiger partial charge in [-0.25, -0.2) is 4.79 Å². The molecule has 0 unspecified atom stereocenters. The molecule has 1 aromatic heterocycles. The number of aromatic carboxylic acids is 1. The lowest BCUT2D eigenvalue weighted by Crippen LogP contribution is -2.41. The average Bonchev–Trinajstić information content (AvgIpc) is 2.40. The van der Waals surface area contributed by atoms with Crippen molar-refractivity contribution in [3.05, 3.63) is 29.6 Å². The Balaban J connectivity index is 1.87. The lowest BCUT2D eigenvalue weighted by molar-refractivity contribution is 0.0696. The van der Waals surface area contributed by atoms with Crippen LogP contribution < -0.4 is 0 Å². The Hall–Kier alpha value is -1.46. The summed E-state index contributed by atoms with van der Waals surface area (Å²) in [6, 6.07) is 4.11. The molecule has 1 aliphatic heterocycles. The summed E-state index contributed by atoms with van der Waals surface area (Å²) >= 11 is 0. The molecule has 1 saturated heterocycles. The first-order valence-electron chi connectivity index (χ1n) is 6.63. The van der Waals surface area contributed by atoms with Gasteiger partial charge in [0.15, 0.2) is 0 Å². The van der Waals surface area contributed by atoms with Crippen LogP contribution in [-0.4, -0.2) is 59.1 Å². The van der Waals surface area contributed by atoms with Crippen LogP contribution in [-0.2, 0) is 6.54 Å². The number of rotatable bonds is 4. The van der Waals surface area contributed by atoms with E-state index in [1.54, 1.807) is 6.07 Å². The number of hydrogen-bond acceptors (Lipinski definition) is 4. The molecule has 0 saturated carbocycles. The van der Waals surface area contributed by atoms with Gasteiger partial charge >= 0.3 is 5.97 Å². The molecule has 2 heterocycles. The fourth-order valence-electron chi connectivity index (χ4n) is 2.47. The molecule has 0 spiro atoms. The average molecular weight is 263 g/mol. The molecule has 0 atom stereocenters. The van der Waals surface area contributed by atoms with E-state index in [1.165, 1.54) is 19.0 Å². The first kappa shape index (κ1) is 14.0. The molecule has 1 aliphatic rings. The Morgan fingerprint density at radius 2 is 2.11 bits per heavy atom. The van der Waals surface area contributed by atoms with E-state index in [4.69, 9.17) is 5.11 Å². The van der Waals surface area contributed by atoms with Crippen molar-refractivity contribution < 1.29 is 9.90 Å². The Kier molecular flexibility index (Phi) is 4.50. The second-order valence-corrected chi connectivity index (χ2v) is 5.31. The standard InChI is InChI=1S/C14H21N3O2/c1-16(2)13-5-7-17(8-6-13)10-12-4-3-11(9-15-12)14(18)19/h3-4,9,13H,5-8,10H2,1-2H3,(H,18,19). The predicted octanol–water partition coefficient (Wildman–Crippen LogP) is 1.31. The molecule has 104 valence electrons. The Morgan fingerprint density at radius 3 is 2.58 bits per heavy atom. The van der Waals surface area contributed by atoms with Crippen molar-refractivity contribution in [3.63, 3.8) is 0 Å². The van der Waals surface area contributed by atoms with Crippen molar-refractivity contribution in [2.75, 3.05) is 27.2 Å². The predicted molar refractivity (Wildman–Crippen MR) is 73.2 cm³/mol. The van der Waals surface area contributed by atoms with Crippen molar-refractivity contribution in [1.82, 2.24) is 14.8 Å². The smallest absolute Gasteiger partial charge is 0.337 e. The summed E-state index contributed by atoms with van der Waals surface area (Å²) in [4.78, 5) is 19.6. The largest absolute Gasteiger partial charge is 0.478 e. The van der Waals surface area contributed by atoms with Crippen LogP contribution >= 0.6 is 0 Å². The molecular formula is C14H21N3O2. The molecule has 19 heavy (non-hydrogen) atoms. The summed E-state index contributed by atoms with van der Waals surface area (Å²) in [5, 5.41) is 8.82. The van der Waals surface area contributed by atoms with Gasteiger partial charge in [-0.1, -0.05) is 0 Å². The summed E-state index contributed by atoms with van der Waals surface area (Å²) in [5.41, 5.74) is 1.18. The molecule has 0 aliphatic carbocycles. The second-order valence-electron chi connectivity index (χ2n) is 5.31. The quantitative estimate of drug-likeness (QED) is 0.887. The van der Waals surface area contributed by atoms with Gasteiger partial charge in [-0.3, -0.25) is 9.88 Å². The third-order valence-electron chi connectivity index (χ3n) is 3.74. The molecular weight excluding hydrogens is 242 g/mol. The van der Waals surface area contributed by atoms with Gasteiger partial charge in [0.05, 0.1) is 11.3 Å². The highest BCUT2D eigenvalue weighted by molar-refractivity contribution is 5.87. The first-order valence-corrected chi connectivity index (χ1v) is 6.63. The number of pyridine rings is 1. The van der Waals surface area contributed by atoms with Gasteiger partial charge < -0.3 is 10.0 Å². The van der Waals surface area contributed by atoms with E-state index >= 15 is 0 Å². The second kappa shape index (κ2) is 6.12. The monoisotopic (exact) mass is 263 g/mol. The number of carboxylic acid groups (broad SMARTS) is 1. The van der Waals surface area contributed by atoms with E-state index in [2.05, 4.69) is 28.9 Å². The number of piperidine rings is 1. The van der Waals surface area contributed by atoms with Crippen LogP contribution in [0.3, 0.4) is 0 Å². The van der Waals surface area contributed by atoms with E-state index in [9.17, 15) is 4.79 Å². The van der Waals surface area contributed by atoms with Gasteiger partial charge in [0, 0.05) is 31.9 Å². The third kappa shape index (κ3) is 3.75. The fraction of sp³-hybridized carbons (Fsp3) is 0.571. The van der Waals surface area contributed by atoms with Crippen molar-refractivity contribution in [3.8, 4) is 0 Å². The van der Waals surface area contributed by atoms with Gasteiger partial charge in [-0.2, -0.15) is 0 Å². The summed E-state index contributed by atoms with van der Waals surface area (Å²) in [7, 11) is 4.26. The molecule has 1 N–H and O–H groups in total. The normalized spacial score (nSPS) is 17.8. The minimum Gasteiger partial charge on any atom is -0.478 e. The van der Waals surface area contributed by atoms with Gasteiger partial charge in [-0.15, -0.1) is 0 Å². The molecule has 0 radical (unpaired) electrons. The Bertz CT molecular complexity index is 423. The van der Waals surface area contributed by atoms with Crippen LogP contribution in [0.2, 0.25) is 0 Å². The molecule has 0 bridgehead atoms. The molecule has 1 aromatic rings. The van der Waals surface area contributed by atoms with Crippen molar-refractivity contribution in [1.29, 1.82) is 0 Å². The SMILES string of the molecule is CN(C)C1CCN(Cc2ccc(C(=O)O)cn2)CC1. The summed E-state index contributed by atoms with van der Waals surface area (Å²) in [5.74, 6) is -0.925. The number of carboxylic acids is 1. The van der Waals surface area contributed by atoms with Crippen LogP contribution in [0, 0.1) is 0 Å². The van der Waals surface area contributed by atoms with Crippen LogP contribution in [0.5, 0.6) is 0 Å². The van der Waals surface area contributed by atoms with Crippen molar-refractivity contribution in [2.24, 2.45) is 0 Å². The molecule has 2 rings (SSSR count). The topological polar surface area (TPSA) is 56.7 Å².